The van der Waals surface area contributed by atoms with Gasteiger partial charge in [0.2, 0.25) is 10.0 Å². The van der Waals surface area contributed by atoms with Crippen molar-refractivity contribution in [2.24, 2.45) is 0 Å². The summed E-state index contributed by atoms with van der Waals surface area (Å²) in [6.07, 6.45) is 0.504. The lowest BCUT2D eigenvalue weighted by Crippen LogP contribution is -2.31. The molecule has 7 heteroatoms. The Bertz CT molecular complexity index is 588. The minimum absolute atomic E-state index is 0.324. The van der Waals surface area contributed by atoms with Crippen LogP contribution in [0.25, 0.3) is 0 Å². The average molecular weight is 310 g/mol. The first-order chi connectivity index (χ1) is 8.27. The molecule has 1 heterocycles. The predicted octanol–water partition coefficient (Wildman–Crippen LogP) is 2.97. The summed E-state index contributed by atoms with van der Waals surface area (Å²) in [6, 6.07) is 3.03. The summed E-state index contributed by atoms with van der Waals surface area (Å²) >= 11 is 11.9. The van der Waals surface area contributed by atoms with Crippen LogP contribution in [0.1, 0.15) is 30.3 Å². The third-order valence-electron chi connectivity index (χ3n) is 3.06. The van der Waals surface area contributed by atoms with Crippen LogP contribution >= 0.6 is 23.2 Å². The molecule has 2 rings (SSSR count). The van der Waals surface area contributed by atoms with Crippen molar-refractivity contribution >= 4 is 33.2 Å². The van der Waals surface area contributed by atoms with E-state index in [1.807, 2.05) is 0 Å². The van der Waals surface area contributed by atoms with E-state index < -0.39 is 16.3 Å². The molecule has 0 N–H and O–H groups in total. The Morgan fingerprint density at radius 2 is 1.72 bits per heavy atom. The molecular weight excluding hydrogens is 297 g/mol. The van der Waals surface area contributed by atoms with E-state index >= 15 is 0 Å². The van der Waals surface area contributed by atoms with Gasteiger partial charge in [-0.15, -0.1) is 0 Å². The third kappa shape index (κ3) is 2.14. The minimum atomic E-state index is -3.38. The van der Waals surface area contributed by atoms with Crippen molar-refractivity contribution in [1.82, 2.24) is 4.31 Å². The van der Waals surface area contributed by atoms with E-state index in [4.69, 9.17) is 27.9 Å². The number of fused-ring (bicyclic) bond motifs is 1. The van der Waals surface area contributed by atoms with E-state index in [1.165, 1.54) is 11.4 Å². The van der Waals surface area contributed by atoms with Gasteiger partial charge in [-0.3, -0.25) is 0 Å². The molecule has 0 bridgehead atoms. The number of halogens is 2. The Hall–Kier alpha value is -0.330. The quantitative estimate of drug-likeness (QED) is 0.843. The van der Waals surface area contributed by atoms with E-state index in [0.717, 1.165) is 17.4 Å². The van der Waals surface area contributed by atoms with Crippen molar-refractivity contribution in [2.45, 2.75) is 19.2 Å². The molecular formula is C11H13Cl2NO3S. The molecule has 0 saturated carbocycles. The summed E-state index contributed by atoms with van der Waals surface area (Å²) in [6.45, 7) is 1.79. The van der Waals surface area contributed by atoms with Crippen LogP contribution < -0.4 is 0 Å². The first-order valence-electron chi connectivity index (χ1n) is 5.27. The highest BCUT2D eigenvalue weighted by Gasteiger charge is 2.42. The van der Waals surface area contributed by atoms with Gasteiger partial charge in [0.25, 0.3) is 0 Å². The molecule has 0 amide bonds. The van der Waals surface area contributed by atoms with Gasteiger partial charge in [-0.25, -0.2) is 8.42 Å². The summed E-state index contributed by atoms with van der Waals surface area (Å²) in [5.74, 6) is 0. The molecule has 0 saturated heterocycles. The number of methoxy groups -OCH3 is 1. The van der Waals surface area contributed by atoms with Crippen LogP contribution in [-0.2, 0) is 14.8 Å². The molecule has 0 aromatic heterocycles. The van der Waals surface area contributed by atoms with Crippen LogP contribution in [0.15, 0.2) is 12.1 Å². The maximum Gasteiger partial charge on any atom is 0.214 e. The van der Waals surface area contributed by atoms with Crippen molar-refractivity contribution in [3.63, 3.8) is 0 Å². The fourth-order valence-corrected chi connectivity index (χ4v) is 3.90. The maximum absolute atomic E-state index is 11.8. The highest BCUT2D eigenvalue weighted by molar-refractivity contribution is 7.88. The molecule has 0 spiro atoms. The molecule has 1 aliphatic rings. The SMILES string of the molecule is COC1c2cc(Cl)c(Cl)cc2C(C)N1S(C)(=O)=O. The van der Waals surface area contributed by atoms with E-state index in [2.05, 4.69) is 0 Å². The molecule has 18 heavy (non-hydrogen) atoms. The van der Waals surface area contributed by atoms with Crippen molar-refractivity contribution in [3.05, 3.63) is 33.3 Å². The second kappa shape index (κ2) is 4.65. The van der Waals surface area contributed by atoms with Crippen LogP contribution in [0.4, 0.5) is 0 Å². The summed E-state index contributed by atoms with van der Waals surface area (Å²) < 4.78 is 30.3. The number of rotatable bonds is 2. The fraction of sp³-hybridized carbons (Fsp3) is 0.455. The lowest BCUT2D eigenvalue weighted by atomic mass is 10.1. The average Bonchev–Trinajstić information content (AvgIpc) is 2.52. The standard InChI is InChI=1S/C11H13Cl2NO3S/c1-6-7-4-9(12)10(13)5-8(7)11(17-2)14(6)18(3,15)16/h4-6,11H,1-3H3. The van der Waals surface area contributed by atoms with Gasteiger partial charge in [0.1, 0.15) is 6.23 Å². The Morgan fingerprint density at radius 1 is 1.22 bits per heavy atom. The van der Waals surface area contributed by atoms with Crippen molar-refractivity contribution in [3.8, 4) is 0 Å². The normalized spacial score (nSPS) is 24.3. The van der Waals surface area contributed by atoms with Gasteiger partial charge in [-0.1, -0.05) is 23.2 Å². The van der Waals surface area contributed by atoms with E-state index in [9.17, 15) is 8.42 Å². The van der Waals surface area contributed by atoms with Gasteiger partial charge in [-0.05, 0) is 24.6 Å². The molecule has 1 aromatic rings. The number of hydrogen-bond donors (Lipinski definition) is 0. The highest BCUT2D eigenvalue weighted by Crippen LogP contribution is 2.46. The smallest absolute Gasteiger partial charge is 0.214 e. The molecule has 2 unspecified atom stereocenters. The van der Waals surface area contributed by atoms with Gasteiger partial charge < -0.3 is 4.74 Å². The molecule has 0 fully saturated rings. The number of sulfonamides is 1. The zero-order valence-electron chi connectivity index (χ0n) is 10.1. The summed E-state index contributed by atoms with van der Waals surface area (Å²) in [5, 5.41) is 0.799. The lowest BCUT2D eigenvalue weighted by molar-refractivity contribution is 0.0142. The minimum Gasteiger partial charge on any atom is -0.361 e. The molecule has 1 aliphatic heterocycles. The lowest BCUT2D eigenvalue weighted by Gasteiger charge is -2.24. The van der Waals surface area contributed by atoms with Crippen molar-refractivity contribution in [2.75, 3.05) is 13.4 Å². The second-order valence-corrected chi connectivity index (χ2v) is 6.95. The largest absolute Gasteiger partial charge is 0.361 e. The highest BCUT2D eigenvalue weighted by atomic mass is 35.5. The van der Waals surface area contributed by atoms with E-state index in [-0.39, 0.29) is 6.04 Å². The monoisotopic (exact) mass is 309 g/mol. The van der Waals surface area contributed by atoms with Gasteiger partial charge in [-0.2, -0.15) is 4.31 Å². The van der Waals surface area contributed by atoms with Crippen LogP contribution in [0.3, 0.4) is 0 Å². The van der Waals surface area contributed by atoms with Gasteiger partial charge >= 0.3 is 0 Å². The first kappa shape index (κ1) is 14.1. The van der Waals surface area contributed by atoms with Gasteiger partial charge in [0.05, 0.1) is 22.3 Å². The summed E-state index contributed by atoms with van der Waals surface area (Å²) in [7, 11) is -1.92. The fourth-order valence-electron chi connectivity index (χ4n) is 2.32. The molecule has 0 aliphatic carbocycles. The zero-order valence-corrected chi connectivity index (χ0v) is 12.5. The molecule has 100 valence electrons. The Balaban J connectivity index is 2.63. The van der Waals surface area contributed by atoms with E-state index in [0.29, 0.717) is 10.0 Å². The van der Waals surface area contributed by atoms with Gasteiger partial charge in [0.15, 0.2) is 0 Å². The summed E-state index contributed by atoms with van der Waals surface area (Å²) in [4.78, 5) is 0. The summed E-state index contributed by atoms with van der Waals surface area (Å²) in [5.41, 5.74) is 1.56. The predicted molar refractivity (Wildman–Crippen MR) is 71.3 cm³/mol. The zero-order chi connectivity index (χ0) is 13.7. The molecule has 0 radical (unpaired) electrons. The van der Waals surface area contributed by atoms with Gasteiger partial charge in [0, 0.05) is 12.7 Å². The Kier molecular flexibility index (Phi) is 3.64. The van der Waals surface area contributed by atoms with Crippen LogP contribution in [0, 0.1) is 0 Å². The first-order valence-corrected chi connectivity index (χ1v) is 7.88. The van der Waals surface area contributed by atoms with Crippen LogP contribution in [0.2, 0.25) is 10.0 Å². The number of benzene rings is 1. The van der Waals surface area contributed by atoms with Crippen molar-refractivity contribution < 1.29 is 13.2 Å². The van der Waals surface area contributed by atoms with E-state index in [1.54, 1.807) is 19.1 Å². The topological polar surface area (TPSA) is 46.6 Å². The Labute approximate surface area is 116 Å². The van der Waals surface area contributed by atoms with Crippen LogP contribution in [-0.4, -0.2) is 26.1 Å². The van der Waals surface area contributed by atoms with Crippen molar-refractivity contribution in [1.29, 1.82) is 0 Å². The molecule has 1 aromatic carbocycles. The number of hydrogen-bond acceptors (Lipinski definition) is 3. The number of ether oxygens (including phenoxy) is 1. The molecule has 2 atom stereocenters. The van der Waals surface area contributed by atoms with Crippen LogP contribution in [0.5, 0.6) is 0 Å². The Morgan fingerprint density at radius 3 is 2.17 bits per heavy atom. The maximum atomic E-state index is 11.8. The third-order valence-corrected chi connectivity index (χ3v) is 5.06. The number of nitrogens with zero attached hydrogens (tertiary/aromatic N) is 1. The molecule has 4 nitrogen and oxygen atoms in total. The second-order valence-electron chi connectivity index (χ2n) is 4.25.